The zero-order valence-electron chi connectivity index (χ0n) is 9.22. The van der Waals surface area contributed by atoms with Gasteiger partial charge in [-0.3, -0.25) is 0 Å². The Morgan fingerprint density at radius 1 is 1.11 bits per heavy atom. The van der Waals surface area contributed by atoms with Crippen LogP contribution in [0.5, 0.6) is 0 Å². The zero-order chi connectivity index (χ0) is 12.5. The molecule has 0 saturated heterocycles. The number of fused-ring (bicyclic) bond motifs is 1. The highest BCUT2D eigenvalue weighted by molar-refractivity contribution is 6.30. The number of hydrogen-bond acceptors (Lipinski definition) is 3. The Labute approximate surface area is 108 Å². The Hall–Kier alpha value is -2.31. The molecule has 3 rings (SSSR count). The summed E-state index contributed by atoms with van der Waals surface area (Å²) < 4.78 is 5.34. The molecule has 3 aromatic rings. The second-order valence-corrected chi connectivity index (χ2v) is 4.30. The van der Waals surface area contributed by atoms with Crippen LogP contribution in [0.3, 0.4) is 0 Å². The predicted octanol–water partition coefficient (Wildman–Crippen LogP) is 4.02. The van der Waals surface area contributed by atoms with Gasteiger partial charge in [-0.2, -0.15) is 5.26 Å². The first-order valence-corrected chi connectivity index (χ1v) is 5.71. The number of benzene rings is 2. The van der Waals surface area contributed by atoms with E-state index in [1.807, 2.05) is 12.1 Å². The van der Waals surface area contributed by atoms with Gasteiger partial charge in [0.1, 0.15) is 5.52 Å². The third kappa shape index (κ3) is 1.73. The lowest BCUT2D eigenvalue weighted by Gasteiger charge is -1.97. The minimum absolute atomic E-state index is 0.584. The Bertz CT molecular complexity index is 754. The van der Waals surface area contributed by atoms with E-state index in [1.165, 1.54) is 0 Å². The van der Waals surface area contributed by atoms with Crippen LogP contribution in [0, 0.1) is 11.3 Å². The van der Waals surface area contributed by atoms with Gasteiger partial charge in [-0.25, -0.2) is 0 Å². The standard InChI is InChI=1S/C14H7ClN2O/c15-11-4-2-10(3-5-11)14-12-7-9(8-16)1-6-13(12)17-18-14/h1-7H. The van der Waals surface area contributed by atoms with Gasteiger partial charge in [-0.05, 0) is 42.5 Å². The predicted molar refractivity (Wildman–Crippen MR) is 69.2 cm³/mol. The molecule has 0 aliphatic rings. The monoisotopic (exact) mass is 254 g/mol. The Morgan fingerprint density at radius 2 is 1.89 bits per heavy atom. The van der Waals surface area contributed by atoms with E-state index in [0.717, 1.165) is 16.5 Å². The number of hydrogen-bond donors (Lipinski definition) is 0. The zero-order valence-corrected chi connectivity index (χ0v) is 9.98. The van der Waals surface area contributed by atoms with Gasteiger partial charge < -0.3 is 4.52 Å². The quantitative estimate of drug-likeness (QED) is 0.659. The molecular weight excluding hydrogens is 248 g/mol. The average Bonchev–Trinajstić information content (AvgIpc) is 2.82. The van der Waals surface area contributed by atoms with Crippen molar-refractivity contribution in [3.63, 3.8) is 0 Å². The maximum atomic E-state index is 8.91. The lowest BCUT2D eigenvalue weighted by molar-refractivity contribution is 0.441. The topological polar surface area (TPSA) is 49.8 Å². The molecule has 0 amide bonds. The number of aromatic nitrogens is 1. The van der Waals surface area contributed by atoms with E-state index < -0.39 is 0 Å². The maximum Gasteiger partial charge on any atom is 0.174 e. The molecule has 0 radical (unpaired) electrons. The first-order chi connectivity index (χ1) is 8.78. The largest absolute Gasteiger partial charge is 0.355 e. The molecule has 0 spiro atoms. The van der Waals surface area contributed by atoms with Gasteiger partial charge in [-0.15, -0.1) is 0 Å². The highest BCUT2D eigenvalue weighted by Gasteiger charge is 2.11. The summed E-state index contributed by atoms with van der Waals surface area (Å²) in [5, 5.41) is 14.4. The average molecular weight is 255 g/mol. The second kappa shape index (κ2) is 4.17. The summed E-state index contributed by atoms with van der Waals surface area (Å²) in [6.45, 7) is 0. The van der Waals surface area contributed by atoms with Crippen LogP contribution >= 0.6 is 11.6 Å². The van der Waals surface area contributed by atoms with Crippen LogP contribution in [0.25, 0.3) is 22.2 Å². The van der Waals surface area contributed by atoms with Crippen molar-refractivity contribution in [3.8, 4) is 17.4 Å². The fourth-order valence-corrected chi connectivity index (χ4v) is 1.95. The first-order valence-electron chi connectivity index (χ1n) is 5.33. The third-order valence-corrected chi connectivity index (χ3v) is 2.96. The highest BCUT2D eigenvalue weighted by Crippen LogP contribution is 2.29. The summed E-state index contributed by atoms with van der Waals surface area (Å²) in [5.74, 6) is 0.652. The normalized spacial score (nSPS) is 10.4. The fraction of sp³-hybridized carbons (Fsp3) is 0. The van der Waals surface area contributed by atoms with Crippen molar-refractivity contribution in [2.75, 3.05) is 0 Å². The second-order valence-electron chi connectivity index (χ2n) is 3.86. The van der Waals surface area contributed by atoms with Crippen LogP contribution in [0.2, 0.25) is 5.02 Å². The highest BCUT2D eigenvalue weighted by atomic mass is 35.5. The lowest BCUT2D eigenvalue weighted by Crippen LogP contribution is -1.77. The molecule has 2 aromatic carbocycles. The van der Waals surface area contributed by atoms with Gasteiger partial charge >= 0.3 is 0 Å². The van der Waals surface area contributed by atoms with Crippen LogP contribution in [-0.2, 0) is 0 Å². The summed E-state index contributed by atoms with van der Waals surface area (Å²) in [4.78, 5) is 0. The van der Waals surface area contributed by atoms with Crippen LogP contribution < -0.4 is 0 Å². The fourth-order valence-electron chi connectivity index (χ4n) is 1.82. The molecule has 0 N–H and O–H groups in total. The molecule has 0 fully saturated rings. The van der Waals surface area contributed by atoms with Crippen molar-refractivity contribution in [2.24, 2.45) is 0 Å². The van der Waals surface area contributed by atoms with Gasteiger partial charge in [-0.1, -0.05) is 16.8 Å². The minimum atomic E-state index is 0.584. The number of rotatable bonds is 1. The Morgan fingerprint density at radius 3 is 2.61 bits per heavy atom. The van der Waals surface area contributed by atoms with Gasteiger partial charge in [0.2, 0.25) is 0 Å². The molecular formula is C14H7ClN2O. The van der Waals surface area contributed by atoms with Crippen LogP contribution in [-0.4, -0.2) is 5.16 Å². The van der Waals surface area contributed by atoms with Gasteiger partial charge in [0, 0.05) is 10.6 Å². The van der Waals surface area contributed by atoms with Crippen molar-refractivity contribution >= 4 is 22.5 Å². The van der Waals surface area contributed by atoms with Gasteiger partial charge in [0.25, 0.3) is 0 Å². The van der Waals surface area contributed by atoms with Gasteiger partial charge in [0.05, 0.1) is 17.0 Å². The van der Waals surface area contributed by atoms with E-state index >= 15 is 0 Å². The lowest BCUT2D eigenvalue weighted by atomic mass is 10.1. The molecule has 1 aromatic heterocycles. The van der Waals surface area contributed by atoms with Gasteiger partial charge in [0.15, 0.2) is 5.76 Å². The molecule has 0 aliphatic carbocycles. The molecule has 86 valence electrons. The van der Waals surface area contributed by atoms with Crippen LogP contribution in [0.15, 0.2) is 47.0 Å². The summed E-state index contributed by atoms with van der Waals surface area (Å²) in [6.07, 6.45) is 0. The number of halogens is 1. The summed E-state index contributed by atoms with van der Waals surface area (Å²) in [5.41, 5.74) is 2.21. The van der Waals surface area contributed by atoms with E-state index in [2.05, 4.69) is 11.2 Å². The minimum Gasteiger partial charge on any atom is -0.355 e. The molecule has 0 aliphatic heterocycles. The maximum absolute atomic E-state index is 8.91. The SMILES string of the molecule is N#Cc1ccc2noc(-c3ccc(Cl)cc3)c2c1. The molecule has 18 heavy (non-hydrogen) atoms. The molecule has 0 bridgehead atoms. The van der Waals surface area contributed by atoms with Crippen molar-refractivity contribution in [1.82, 2.24) is 5.16 Å². The Balaban J connectivity index is 2.23. The first kappa shape index (κ1) is 10.8. The molecule has 0 saturated carbocycles. The number of nitriles is 1. The smallest absolute Gasteiger partial charge is 0.174 e. The summed E-state index contributed by atoms with van der Waals surface area (Å²) in [7, 11) is 0. The number of nitrogens with zero attached hydrogens (tertiary/aromatic N) is 2. The Kier molecular flexibility index (Phi) is 2.51. The van der Waals surface area contributed by atoms with E-state index in [9.17, 15) is 0 Å². The van der Waals surface area contributed by atoms with E-state index in [4.69, 9.17) is 21.4 Å². The van der Waals surface area contributed by atoms with Crippen LogP contribution in [0.1, 0.15) is 5.56 Å². The van der Waals surface area contributed by atoms with E-state index in [-0.39, 0.29) is 0 Å². The molecule has 0 atom stereocenters. The summed E-state index contributed by atoms with van der Waals surface area (Å²) in [6, 6.07) is 14.7. The van der Waals surface area contributed by atoms with Crippen molar-refractivity contribution in [1.29, 1.82) is 5.26 Å². The van der Waals surface area contributed by atoms with Crippen molar-refractivity contribution < 1.29 is 4.52 Å². The van der Waals surface area contributed by atoms with Crippen molar-refractivity contribution in [3.05, 3.63) is 53.1 Å². The third-order valence-electron chi connectivity index (χ3n) is 2.71. The molecule has 3 nitrogen and oxygen atoms in total. The van der Waals surface area contributed by atoms with E-state index in [1.54, 1.807) is 30.3 Å². The van der Waals surface area contributed by atoms with Crippen molar-refractivity contribution in [2.45, 2.75) is 0 Å². The molecule has 0 unspecified atom stereocenters. The molecule has 4 heteroatoms. The van der Waals surface area contributed by atoms with Crippen LogP contribution in [0.4, 0.5) is 0 Å². The summed E-state index contributed by atoms with van der Waals surface area (Å²) >= 11 is 5.85. The van der Waals surface area contributed by atoms with E-state index in [0.29, 0.717) is 16.3 Å². The molecule has 1 heterocycles.